The SMILES string of the molecule is Cc1ccccc1/C=C/C(C)(C)C#N. The van der Waals surface area contributed by atoms with Crippen molar-refractivity contribution in [2.24, 2.45) is 5.41 Å². The topological polar surface area (TPSA) is 23.8 Å². The van der Waals surface area contributed by atoms with Crippen molar-refractivity contribution >= 4 is 6.08 Å². The van der Waals surface area contributed by atoms with Gasteiger partial charge in [0.1, 0.15) is 0 Å². The zero-order valence-corrected chi connectivity index (χ0v) is 8.91. The summed E-state index contributed by atoms with van der Waals surface area (Å²) in [6.07, 6.45) is 3.95. The molecule has 0 saturated carbocycles. The van der Waals surface area contributed by atoms with Crippen molar-refractivity contribution in [3.8, 4) is 6.07 Å². The fourth-order valence-corrected chi connectivity index (χ4v) is 1.11. The van der Waals surface area contributed by atoms with Gasteiger partial charge in [-0.2, -0.15) is 5.26 Å². The van der Waals surface area contributed by atoms with Gasteiger partial charge in [0.2, 0.25) is 0 Å². The molecule has 1 heteroatoms. The fraction of sp³-hybridized carbons (Fsp3) is 0.308. The zero-order valence-electron chi connectivity index (χ0n) is 8.91. The van der Waals surface area contributed by atoms with Crippen molar-refractivity contribution in [2.75, 3.05) is 0 Å². The van der Waals surface area contributed by atoms with Crippen molar-refractivity contribution in [3.63, 3.8) is 0 Å². The monoisotopic (exact) mass is 185 g/mol. The van der Waals surface area contributed by atoms with Gasteiger partial charge in [0.05, 0.1) is 11.5 Å². The van der Waals surface area contributed by atoms with E-state index in [9.17, 15) is 0 Å². The molecular formula is C13H15N. The fourth-order valence-electron chi connectivity index (χ4n) is 1.11. The van der Waals surface area contributed by atoms with Crippen LogP contribution in [0.1, 0.15) is 25.0 Å². The number of allylic oxidation sites excluding steroid dienone is 1. The normalized spacial score (nSPS) is 11.6. The Balaban J connectivity index is 2.91. The van der Waals surface area contributed by atoms with Crippen LogP contribution in [0, 0.1) is 23.7 Å². The van der Waals surface area contributed by atoms with Crippen molar-refractivity contribution < 1.29 is 0 Å². The number of nitriles is 1. The van der Waals surface area contributed by atoms with Gasteiger partial charge in [0.25, 0.3) is 0 Å². The summed E-state index contributed by atoms with van der Waals surface area (Å²) in [4.78, 5) is 0. The van der Waals surface area contributed by atoms with E-state index in [0.29, 0.717) is 0 Å². The summed E-state index contributed by atoms with van der Waals surface area (Å²) in [7, 11) is 0. The van der Waals surface area contributed by atoms with Crippen molar-refractivity contribution in [1.29, 1.82) is 5.26 Å². The highest BCUT2D eigenvalue weighted by atomic mass is 14.3. The first-order valence-corrected chi connectivity index (χ1v) is 4.71. The van der Waals surface area contributed by atoms with E-state index < -0.39 is 0 Å². The van der Waals surface area contributed by atoms with Crippen molar-refractivity contribution in [3.05, 3.63) is 41.5 Å². The maximum atomic E-state index is 8.84. The first kappa shape index (κ1) is 10.5. The minimum absolute atomic E-state index is 0.387. The van der Waals surface area contributed by atoms with Gasteiger partial charge in [-0.3, -0.25) is 0 Å². The number of benzene rings is 1. The predicted molar refractivity (Wildman–Crippen MR) is 59.6 cm³/mol. The van der Waals surface area contributed by atoms with Crippen LogP contribution in [-0.2, 0) is 0 Å². The standard InChI is InChI=1S/C13H15N/c1-11-6-4-5-7-12(11)8-9-13(2,3)10-14/h4-9H,1-3H3/b9-8+. The maximum Gasteiger partial charge on any atom is 0.0725 e. The van der Waals surface area contributed by atoms with E-state index >= 15 is 0 Å². The van der Waals surface area contributed by atoms with Gasteiger partial charge in [-0.25, -0.2) is 0 Å². The molecule has 1 aromatic carbocycles. The molecule has 1 rings (SSSR count). The lowest BCUT2D eigenvalue weighted by Gasteiger charge is -2.08. The Kier molecular flexibility index (Phi) is 3.09. The van der Waals surface area contributed by atoms with Crippen LogP contribution in [-0.4, -0.2) is 0 Å². The van der Waals surface area contributed by atoms with E-state index in [0.717, 1.165) is 0 Å². The van der Waals surface area contributed by atoms with Crippen LogP contribution in [0.25, 0.3) is 6.08 Å². The summed E-state index contributed by atoms with van der Waals surface area (Å²) in [5.41, 5.74) is 2.02. The van der Waals surface area contributed by atoms with Crippen LogP contribution in [0.4, 0.5) is 0 Å². The molecule has 0 radical (unpaired) electrons. The molecule has 0 aliphatic carbocycles. The smallest absolute Gasteiger partial charge is 0.0725 e. The van der Waals surface area contributed by atoms with Gasteiger partial charge in [-0.1, -0.05) is 36.4 Å². The molecule has 0 N–H and O–H groups in total. The van der Waals surface area contributed by atoms with Gasteiger partial charge >= 0.3 is 0 Å². The second kappa shape index (κ2) is 4.11. The van der Waals surface area contributed by atoms with Crippen LogP contribution < -0.4 is 0 Å². The molecule has 0 saturated heterocycles. The Labute approximate surface area is 85.7 Å². The van der Waals surface area contributed by atoms with Gasteiger partial charge in [0.15, 0.2) is 0 Å². The Bertz CT molecular complexity index is 380. The van der Waals surface area contributed by atoms with Gasteiger partial charge in [-0.15, -0.1) is 0 Å². The minimum Gasteiger partial charge on any atom is -0.197 e. The molecule has 14 heavy (non-hydrogen) atoms. The van der Waals surface area contributed by atoms with E-state index in [1.165, 1.54) is 11.1 Å². The molecule has 1 aromatic rings. The van der Waals surface area contributed by atoms with Crippen LogP contribution in [0.2, 0.25) is 0 Å². The summed E-state index contributed by atoms with van der Waals surface area (Å²) in [5, 5.41) is 8.84. The molecule has 0 bridgehead atoms. The highest BCUT2D eigenvalue weighted by Crippen LogP contribution is 2.18. The molecular weight excluding hydrogens is 170 g/mol. The molecule has 0 heterocycles. The first-order valence-electron chi connectivity index (χ1n) is 4.71. The van der Waals surface area contributed by atoms with E-state index in [1.54, 1.807) is 0 Å². The van der Waals surface area contributed by atoms with Crippen LogP contribution in [0.3, 0.4) is 0 Å². The number of hydrogen-bond donors (Lipinski definition) is 0. The highest BCUT2D eigenvalue weighted by molar-refractivity contribution is 5.54. The number of aryl methyl sites for hydroxylation is 1. The largest absolute Gasteiger partial charge is 0.197 e. The van der Waals surface area contributed by atoms with E-state index in [1.807, 2.05) is 38.1 Å². The summed E-state index contributed by atoms with van der Waals surface area (Å²) in [6.45, 7) is 5.88. The molecule has 0 atom stereocenters. The molecule has 0 spiro atoms. The molecule has 0 amide bonds. The average molecular weight is 185 g/mol. The lowest BCUT2D eigenvalue weighted by atomic mass is 9.94. The molecule has 1 nitrogen and oxygen atoms in total. The second-order valence-electron chi connectivity index (χ2n) is 4.02. The summed E-state index contributed by atoms with van der Waals surface area (Å²) in [6, 6.07) is 10.4. The number of hydrogen-bond acceptors (Lipinski definition) is 1. The predicted octanol–water partition coefficient (Wildman–Crippen LogP) is 3.56. The molecule has 0 fully saturated rings. The molecule has 72 valence electrons. The molecule has 0 aliphatic heterocycles. The molecule has 0 aromatic heterocycles. The number of nitrogens with zero attached hydrogens (tertiary/aromatic N) is 1. The highest BCUT2D eigenvalue weighted by Gasteiger charge is 2.10. The molecule has 0 aliphatic rings. The maximum absolute atomic E-state index is 8.84. The quantitative estimate of drug-likeness (QED) is 0.691. The van der Waals surface area contributed by atoms with Crippen molar-refractivity contribution in [2.45, 2.75) is 20.8 Å². The Morgan fingerprint density at radius 1 is 1.29 bits per heavy atom. The van der Waals surface area contributed by atoms with E-state index in [4.69, 9.17) is 5.26 Å². The zero-order chi connectivity index (χ0) is 10.6. The minimum atomic E-state index is -0.387. The van der Waals surface area contributed by atoms with Crippen LogP contribution in [0.15, 0.2) is 30.3 Å². The van der Waals surface area contributed by atoms with Gasteiger partial charge in [-0.05, 0) is 31.9 Å². The lowest BCUT2D eigenvalue weighted by molar-refractivity contribution is 0.647. The number of rotatable bonds is 2. The van der Waals surface area contributed by atoms with Crippen LogP contribution in [0.5, 0.6) is 0 Å². The van der Waals surface area contributed by atoms with Crippen LogP contribution >= 0.6 is 0 Å². The van der Waals surface area contributed by atoms with Gasteiger partial charge in [0, 0.05) is 0 Å². The summed E-state index contributed by atoms with van der Waals surface area (Å²) < 4.78 is 0. The van der Waals surface area contributed by atoms with E-state index in [-0.39, 0.29) is 5.41 Å². The summed E-state index contributed by atoms with van der Waals surface area (Å²) >= 11 is 0. The Hall–Kier alpha value is -1.55. The van der Waals surface area contributed by atoms with E-state index in [2.05, 4.69) is 25.1 Å². The summed E-state index contributed by atoms with van der Waals surface area (Å²) in [5.74, 6) is 0. The average Bonchev–Trinajstić information content (AvgIpc) is 2.17. The first-order chi connectivity index (χ1) is 6.55. The third-order valence-corrected chi connectivity index (χ3v) is 2.16. The third kappa shape index (κ3) is 2.74. The lowest BCUT2D eigenvalue weighted by Crippen LogP contribution is -2.01. The molecule has 0 unspecified atom stereocenters. The Morgan fingerprint density at radius 2 is 1.93 bits per heavy atom. The Morgan fingerprint density at radius 3 is 2.50 bits per heavy atom. The second-order valence-corrected chi connectivity index (χ2v) is 4.02. The van der Waals surface area contributed by atoms with Gasteiger partial charge < -0.3 is 0 Å². The van der Waals surface area contributed by atoms with Crippen molar-refractivity contribution in [1.82, 2.24) is 0 Å². The third-order valence-electron chi connectivity index (χ3n) is 2.16.